The van der Waals surface area contributed by atoms with Crippen LogP contribution >= 0.6 is 27.9 Å². The Morgan fingerprint density at radius 1 is 1.35 bits per heavy atom. The number of hydrogen-bond acceptors (Lipinski definition) is 4. The number of anilines is 1. The molecular weight excluding hydrogens is 406 g/mol. The number of carboxylic acids is 1. The van der Waals surface area contributed by atoms with Crippen LogP contribution in [0.4, 0.5) is 11.4 Å². The zero-order valence-corrected chi connectivity index (χ0v) is 16.1. The van der Waals surface area contributed by atoms with Gasteiger partial charge in [0.2, 0.25) is 5.91 Å². The number of nitro groups is 1. The number of carbonyl (C=O) groups excluding carboxylic acids is 1. The molecule has 127 valence electrons. The van der Waals surface area contributed by atoms with Gasteiger partial charge in [0.25, 0.3) is 5.69 Å². The topological polar surface area (TPSA) is 110 Å². The van der Waals surface area contributed by atoms with Crippen molar-refractivity contribution in [3.63, 3.8) is 0 Å². The zero-order chi connectivity index (χ0) is 18.2. The summed E-state index contributed by atoms with van der Waals surface area (Å²) in [5.74, 6) is -1.59. The third-order valence-electron chi connectivity index (χ3n) is 2.50. The number of aromatic carboxylic acids is 1. The normalized spacial score (nSPS) is 9.43. The Bertz CT molecular complexity index is 596. The number of halogens is 3. The minimum absolute atomic E-state index is 0.0495. The molecule has 23 heavy (non-hydrogen) atoms. The fourth-order valence-corrected chi connectivity index (χ4v) is 1.63. The third-order valence-corrected chi connectivity index (χ3v) is 2.50. The van der Waals surface area contributed by atoms with Crippen molar-refractivity contribution in [2.24, 2.45) is 0 Å². The van der Waals surface area contributed by atoms with E-state index in [-0.39, 0.29) is 23.6 Å². The van der Waals surface area contributed by atoms with Crippen LogP contribution in [0.2, 0.25) is 0 Å². The number of nitrogens with one attached hydrogen (secondary N) is 1. The molecule has 0 saturated carbocycles. The maximum atomic E-state index is 11.5. The molecule has 0 aliphatic rings. The quantitative estimate of drug-likeness (QED) is 0.417. The van der Waals surface area contributed by atoms with Gasteiger partial charge < -0.3 is 10.4 Å². The van der Waals surface area contributed by atoms with Crippen LogP contribution in [0.25, 0.3) is 0 Å². The molecule has 7 nitrogen and oxygen atoms in total. The molecule has 0 fully saturated rings. The molecule has 2 N–H and O–H groups in total. The number of aryl methyl sites for hydroxylation is 1. The molecule has 1 aromatic carbocycles. The summed E-state index contributed by atoms with van der Waals surface area (Å²) in [4.78, 5) is 32.6. The molecule has 0 unspecified atom stereocenters. The van der Waals surface area contributed by atoms with Gasteiger partial charge in [-0.25, -0.2) is 4.79 Å². The van der Waals surface area contributed by atoms with Crippen molar-refractivity contribution in [2.45, 2.75) is 26.7 Å². The van der Waals surface area contributed by atoms with Crippen molar-refractivity contribution in [3.8, 4) is 0 Å². The van der Waals surface area contributed by atoms with E-state index in [1.54, 1.807) is 0 Å². The van der Waals surface area contributed by atoms with E-state index in [0.29, 0.717) is 12.0 Å². The third kappa shape index (κ3) is 8.53. The van der Waals surface area contributed by atoms with Gasteiger partial charge in [-0.1, -0.05) is 6.92 Å². The molecule has 0 atom stereocenters. The van der Waals surface area contributed by atoms with Gasteiger partial charge in [0.1, 0.15) is 5.69 Å². The second kappa shape index (κ2) is 10.8. The molecule has 0 radical (unpaired) electrons. The first-order valence-corrected chi connectivity index (χ1v) is 12.7. The molecule has 0 saturated heterocycles. The Morgan fingerprint density at radius 2 is 1.87 bits per heavy atom. The average molecular weight is 420 g/mol. The molecule has 1 rings (SSSR count). The molecule has 1 amide bonds. The van der Waals surface area contributed by atoms with Gasteiger partial charge in [0.05, 0.1) is 10.5 Å². The van der Waals surface area contributed by atoms with Gasteiger partial charge >= 0.3 is 48.6 Å². The first-order chi connectivity index (χ1) is 10.6. The molecule has 0 bridgehead atoms. The molecular formula is C12H14Cl3N2O5Ti. The van der Waals surface area contributed by atoms with Crippen LogP contribution in [0.15, 0.2) is 12.1 Å². The first-order valence-electron chi connectivity index (χ1n) is 6.25. The summed E-state index contributed by atoms with van der Waals surface area (Å²) in [7, 11) is 14.9. The summed E-state index contributed by atoms with van der Waals surface area (Å²) in [6.45, 7) is 3.33. The van der Waals surface area contributed by atoms with Crippen LogP contribution in [0, 0.1) is 17.0 Å². The van der Waals surface area contributed by atoms with E-state index in [0.717, 1.165) is 6.07 Å². The van der Waals surface area contributed by atoms with Crippen LogP contribution in [0.1, 0.15) is 35.7 Å². The summed E-state index contributed by atoms with van der Waals surface area (Å²) >= 11 is -1.92. The fourth-order valence-electron chi connectivity index (χ4n) is 1.63. The monoisotopic (exact) mass is 419 g/mol. The van der Waals surface area contributed by atoms with Crippen LogP contribution in [0.5, 0.6) is 0 Å². The van der Waals surface area contributed by atoms with Crippen LogP contribution in [-0.2, 0) is 19.5 Å². The molecule has 0 spiro atoms. The minimum atomic E-state index is -1.92. The number of carboxylic acid groups (broad SMARTS) is 1. The van der Waals surface area contributed by atoms with Crippen LogP contribution < -0.4 is 5.32 Å². The number of rotatable bonds is 5. The van der Waals surface area contributed by atoms with Crippen molar-refractivity contribution in [2.75, 3.05) is 5.32 Å². The Hall–Kier alpha value is -0.856. The molecule has 11 heteroatoms. The molecule has 0 aromatic heterocycles. The Balaban J connectivity index is 0.00000108. The number of nitro benzene ring substituents is 1. The van der Waals surface area contributed by atoms with Crippen molar-refractivity contribution in [1.29, 1.82) is 0 Å². The zero-order valence-electron chi connectivity index (χ0n) is 12.2. The first kappa shape index (κ1) is 22.1. The summed E-state index contributed by atoms with van der Waals surface area (Å²) in [6, 6.07) is 2.23. The summed E-state index contributed by atoms with van der Waals surface area (Å²) < 4.78 is 0. The van der Waals surface area contributed by atoms with Gasteiger partial charge in [0, 0.05) is 12.5 Å². The Morgan fingerprint density at radius 3 is 2.26 bits per heavy atom. The standard InChI is InChI=1S/C12H14N2O5.3ClH.Ti/c1-3-4-10(15)13-11-7(2)5-8(12(16)17)6-9(11)14(18)19;;;;/h5-6H,3-4H2,1-2H3,(H,13,15)(H,16,17);3*1H;/q;;;;+3/p-3. The van der Waals surface area contributed by atoms with E-state index >= 15 is 0 Å². The SMILES string of the molecule is CCCC(=O)Nc1c(C)cc(C(=O)O)cc1[N+](=O)[O-].[Cl][Ti]([Cl])[Cl]. The average Bonchev–Trinajstić information content (AvgIpc) is 2.39. The molecule has 0 aliphatic heterocycles. The number of benzene rings is 1. The van der Waals surface area contributed by atoms with Crippen LogP contribution in [0.3, 0.4) is 0 Å². The van der Waals surface area contributed by atoms with Gasteiger partial charge in [-0.05, 0) is 25.0 Å². The molecule has 0 aliphatic carbocycles. The molecule has 1 aromatic rings. The molecule has 0 heterocycles. The van der Waals surface area contributed by atoms with Crippen molar-refractivity contribution in [3.05, 3.63) is 33.4 Å². The van der Waals surface area contributed by atoms with E-state index in [4.69, 9.17) is 33.0 Å². The Kier molecular flexibility index (Phi) is 10.4. The summed E-state index contributed by atoms with van der Waals surface area (Å²) in [6.07, 6.45) is 0.864. The number of nitrogens with zero attached hydrogens (tertiary/aromatic N) is 1. The Labute approximate surface area is 150 Å². The van der Waals surface area contributed by atoms with Gasteiger partial charge in [-0.15, -0.1) is 0 Å². The van der Waals surface area contributed by atoms with Crippen molar-refractivity contribution < 1.29 is 34.3 Å². The van der Waals surface area contributed by atoms with E-state index in [1.807, 2.05) is 6.92 Å². The van der Waals surface area contributed by atoms with Crippen LogP contribution in [-0.4, -0.2) is 21.9 Å². The number of carbonyl (C=O) groups is 2. The summed E-state index contributed by atoms with van der Waals surface area (Å²) in [5.41, 5.74) is -0.205. The fraction of sp³-hybridized carbons (Fsp3) is 0.333. The predicted molar refractivity (Wildman–Crippen MR) is 85.9 cm³/mol. The van der Waals surface area contributed by atoms with Gasteiger partial charge in [-0.3, -0.25) is 14.9 Å². The number of amides is 1. The second-order valence-electron chi connectivity index (χ2n) is 4.26. The van der Waals surface area contributed by atoms with E-state index in [1.165, 1.54) is 13.0 Å². The van der Waals surface area contributed by atoms with E-state index < -0.39 is 31.3 Å². The van der Waals surface area contributed by atoms with Gasteiger partial charge in [0.15, 0.2) is 0 Å². The van der Waals surface area contributed by atoms with E-state index in [2.05, 4.69) is 5.32 Å². The van der Waals surface area contributed by atoms with Gasteiger partial charge in [-0.2, -0.15) is 0 Å². The number of hydrogen-bond donors (Lipinski definition) is 2. The van der Waals surface area contributed by atoms with Crippen molar-refractivity contribution >= 4 is 51.2 Å². The van der Waals surface area contributed by atoms with E-state index in [9.17, 15) is 19.7 Å². The van der Waals surface area contributed by atoms with Crippen molar-refractivity contribution in [1.82, 2.24) is 0 Å². The second-order valence-corrected chi connectivity index (χ2v) is 12.0. The maximum absolute atomic E-state index is 11.5. The predicted octanol–water partition coefficient (Wildman–Crippen LogP) is 4.41. The summed E-state index contributed by atoms with van der Waals surface area (Å²) in [5, 5.41) is 22.3.